The van der Waals surface area contributed by atoms with E-state index in [-0.39, 0.29) is 12.0 Å². The number of rotatable bonds is 9. The highest BCUT2D eigenvalue weighted by Gasteiger charge is 2.13. The standard InChI is InChI=1S/C20H23N3O3S/c1-14(2)25-12-6-10-21-18(24)13-27-20-15-7-3-4-8-16(15)22-19(23-20)17-9-5-11-26-17/h3-5,7-9,11,14H,6,10,12-13H2,1-2H3,(H,21,24). The number of carbonyl (C=O) groups is 1. The van der Waals surface area contributed by atoms with Gasteiger partial charge in [-0.3, -0.25) is 4.79 Å². The van der Waals surface area contributed by atoms with Gasteiger partial charge in [-0.2, -0.15) is 0 Å². The quantitative estimate of drug-likeness (QED) is 0.342. The minimum atomic E-state index is -0.0215. The van der Waals surface area contributed by atoms with E-state index in [1.54, 1.807) is 12.3 Å². The first-order chi connectivity index (χ1) is 13.1. The number of fused-ring (bicyclic) bond motifs is 1. The molecule has 0 radical (unpaired) electrons. The van der Waals surface area contributed by atoms with Crippen molar-refractivity contribution in [1.29, 1.82) is 0 Å². The summed E-state index contributed by atoms with van der Waals surface area (Å²) < 4.78 is 10.9. The van der Waals surface area contributed by atoms with E-state index in [4.69, 9.17) is 9.15 Å². The van der Waals surface area contributed by atoms with Crippen LogP contribution in [0.25, 0.3) is 22.5 Å². The van der Waals surface area contributed by atoms with Crippen molar-refractivity contribution in [2.24, 2.45) is 0 Å². The van der Waals surface area contributed by atoms with Gasteiger partial charge < -0.3 is 14.5 Å². The zero-order valence-electron chi connectivity index (χ0n) is 15.5. The second-order valence-electron chi connectivity index (χ2n) is 6.26. The zero-order chi connectivity index (χ0) is 19.1. The van der Waals surface area contributed by atoms with Gasteiger partial charge in [0, 0.05) is 18.5 Å². The van der Waals surface area contributed by atoms with Gasteiger partial charge in [0.25, 0.3) is 0 Å². The summed E-state index contributed by atoms with van der Waals surface area (Å²) in [4.78, 5) is 21.3. The van der Waals surface area contributed by atoms with Crippen LogP contribution in [0.1, 0.15) is 20.3 Å². The monoisotopic (exact) mass is 385 g/mol. The average Bonchev–Trinajstić information content (AvgIpc) is 3.20. The molecular formula is C20H23N3O3S. The van der Waals surface area contributed by atoms with Crippen molar-refractivity contribution >= 4 is 28.6 Å². The Morgan fingerprint density at radius 3 is 2.85 bits per heavy atom. The molecule has 0 aliphatic rings. The zero-order valence-corrected chi connectivity index (χ0v) is 16.3. The number of hydrogen-bond donors (Lipinski definition) is 1. The predicted octanol–water partition coefficient (Wildman–Crippen LogP) is 3.91. The molecule has 1 aromatic carbocycles. The Bertz CT molecular complexity index is 881. The summed E-state index contributed by atoms with van der Waals surface area (Å²) in [5.41, 5.74) is 0.827. The lowest BCUT2D eigenvalue weighted by Gasteiger charge is -2.09. The van der Waals surface area contributed by atoms with Crippen molar-refractivity contribution in [3.8, 4) is 11.6 Å². The van der Waals surface area contributed by atoms with Crippen LogP contribution >= 0.6 is 11.8 Å². The molecule has 2 aromatic heterocycles. The van der Waals surface area contributed by atoms with Crippen molar-refractivity contribution < 1.29 is 13.9 Å². The maximum atomic E-state index is 12.1. The predicted molar refractivity (Wildman–Crippen MR) is 107 cm³/mol. The van der Waals surface area contributed by atoms with E-state index in [2.05, 4.69) is 15.3 Å². The van der Waals surface area contributed by atoms with Gasteiger partial charge in [-0.25, -0.2) is 9.97 Å². The van der Waals surface area contributed by atoms with Gasteiger partial charge >= 0.3 is 0 Å². The largest absolute Gasteiger partial charge is 0.461 e. The average molecular weight is 385 g/mol. The third-order valence-corrected chi connectivity index (χ3v) is 4.74. The summed E-state index contributed by atoms with van der Waals surface area (Å²) >= 11 is 1.40. The summed E-state index contributed by atoms with van der Waals surface area (Å²) in [5.74, 6) is 1.40. The molecule has 27 heavy (non-hydrogen) atoms. The maximum Gasteiger partial charge on any atom is 0.230 e. The summed E-state index contributed by atoms with van der Waals surface area (Å²) in [7, 11) is 0. The van der Waals surface area contributed by atoms with Crippen LogP contribution in [-0.2, 0) is 9.53 Å². The molecular weight excluding hydrogens is 362 g/mol. The van der Waals surface area contributed by atoms with Crippen molar-refractivity contribution in [3.63, 3.8) is 0 Å². The molecule has 1 amide bonds. The second kappa shape index (κ2) is 9.53. The topological polar surface area (TPSA) is 77.2 Å². The van der Waals surface area contributed by atoms with E-state index in [1.807, 2.05) is 44.2 Å². The van der Waals surface area contributed by atoms with E-state index >= 15 is 0 Å². The van der Waals surface area contributed by atoms with Crippen molar-refractivity contribution in [1.82, 2.24) is 15.3 Å². The van der Waals surface area contributed by atoms with Gasteiger partial charge in [-0.05, 0) is 38.5 Å². The molecule has 0 fully saturated rings. The Balaban J connectivity index is 1.63. The molecule has 6 nitrogen and oxygen atoms in total. The fourth-order valence-electron chi connectivity index (χ4n) is 2.48. The summed E-state index contributed by atoms with van der Waals surface area (Å²) in [6.45, 7) is 5.25. The number of aromatic nitrogens is 2. The summed E-state index contributed by atoms with van der Waals surface area (Å²) in [6, 6.07) is 11.4. The van der Waals surface area contributed by atoms with E-state index in [9.17, 15) is 4.79 Å². The Kier molecular flexibility index (Phi) is 6.84. The first-order valence-electron chi connectivity index (χ1n) is 8.95. The highest BCUT2D eigenvalue weighted by Crippen LogP contribution is 2.28. The van der Waals surface area contributed by atoms with E-state index in [0.717, 1.165) is 22.3 Å². The lowest BCUT2D eigenvalue weighted by molar-refractivity contribution is -0.118. The third-order valence-electron chi connectivity index (χ3n) is 3.74. The molecule has 0 saturated heterocycles. The lowest BCUT2D eigenvalue weighted by Crippen LogP contribution is -2.27. The first kappa shape index (κ1) is 19.4. The number of ether oxygens (including phenoxy) is 1. The summed E-state index contributed by atoms with van der Waals surface area (Å²) in [5, 5.41) is 4.61. The number of nitrogens with one attached hydrogen (secondary N) is 1. The second-order valence-corrected chi connectivity index (χ2v) is 7.22. The smallest absolute Gasteiger partial charge is 0.230 e. The molecule has 3 aromatic rings. The first-order valence-corrected chi connectivity index (χ1v) is 9.94. The maximum absolute atomic E-state index is 12.1. The molecule has 2 heterocycles. The highest BCUT2D eigenvalue weighted by molar-refractivity contribution is 8.00. The van der Waals surface area contributed by atoms with Gasteiger partial charge in [0.15, 0.2) is 11.6 Å². The fourth-order valence-corrected chi connectivity index (χ4v) is 3.33. The van der Waals surface area contributed by atoms with Crippen LogP contribution < -0.4 is 5.32 Å². The Hall–Kier alpha value is -2.38. The molecule has 1 N–H and O–H groups in total. The number of furan rings is 1. The molecule has 3 rings (SSSR count). The molecule has 7 heteroatoms. The number of nitrogens with zero attached hydrogens (tertiary/aromatic N) is 2. The van der Waals surface area contributed by atoms with Crippen LogP contribution in [0.15, 0.2) is 52.1 Å². The van der Waals surface area contributed by atoms with Gasteiger partial charge in [-0.15, -0.1) is 0 Å². The van der Waals surface area contributed by atoms with Crippen LogP contribution in [-0.4, -0.2) is 40.9 Å². The van der Waals surface area contributed by atoms with Gasteiger partial charge in [0.1, 0.15) is 5.03 Å². The van der Waals surface area contributed by atoms with Crippen molar-refractivity contribution in [2.45, 2.75) is 31.4 Å². The number of thioether (sulfide) groups is 1. The van der Waals surface area contributed by atoms with Crippen LogP contribution in [0.5, 0.6) is 0 Å². The Morgan fingerprint density at radius 2 is 2.07 bits per heavy atom. The molecule has 0 spiro atoms. The minimum Gasteiger partial charge on any atom is -0.461 e. The van der Waals surface area contributed by atoms with Gasteiger partial charge in [0.2, 0.25) is 5.91 Å². The molecule has 142 valence electrons. The minimum absolute atomic E-state index is 0.0215. The van der Waals surface area contributed by atoms with E-state index in [1.165, 1.54) is 11.8 Å². The van der Waals surface area contributed by atoms with E-state index in [0.29, 0.717) is 30.5 Å². The molecule has 0 bridgehead atoms. The number of amides is 1. The van der Waals surface area contributed by atoms with Crippen LogP contribution in [0.4, 0.5) is 0 Å². The summed E-state index contributed by atoms with van der Waals surface area (Å²) in [6.07, 6.45) is 2.61. The van der Waals surface area contributed by atoms with Crippen molar-refractivity contribution in [3.05, 3.63) is 42.7 Å². The van der Waals surface area contributed by atoms with E-state index < -0.39 is 0 Å². The number of para-hydroxylation sites is 1. The molecule has 0 atom stereocenters. The van der Waals surface area contributed by atoms with Crippen LogP contribution in [0.3, 0.4) is 0 Å². The fraction of sp³-hybridized carbons (Fsp3) is 0.350. The Labute approximate surface area is 162 Å². The van der Waals surface area contributed by atoms with Gasteiger partial charge in [-0.1, -0.05) is 30.0 Å². The van der Waals surface area contributed by atoms with Crippen molar-refractivity contribution in [2.75, 3.05) is 18.9 Å². The number of carbonyl (C=O) groups excluding carboxylic acids is 1. The number of benzene rings is 1. The molecule has 0 aliphatic heterocycles. The highest BCUT2D eigenvalue weighted by atomic mass is 32.2. The lowest BCUT2D eigenvalue weighted by atomic mass is 10.2. The van der Waals surface area contributed by atoms with Crippen LogP contribution in [0.2, 0.25) is 0 Å². The molecule has 0 aliphatic carbocycles. The number of hydrogen-bond acceptors (Lipinski definition) is 6. The third kappa shape index (κ3) is 5.55. The van der Waals surface area contributed by atoms with Crippen LogP contribution in [0, 0.1) is 0 Å². The Morgan fingerprint density at radius 1 is 1.22 bits per heavy atom. The SMILES string of the molecule is CC(C)OCCCNC(=O)CSc1nc(-c2ccco2)nc2ccccc12. The normalized spacial score (nSPS) is 11.2. The van der Waals surface area contributed by atoms with Gasteiger partial charge in [0.05, 0.1) is 23.6 Å². The molecule has 0 unspecified atom stereocenters. The molecule has 0 saturated carbocycles.